The third-order valence-electron chi connectivity index (χ3n) is 3.39. The molecule has 0 aromatic rings. The van der Waals surface area contributed by atoms with Crippen LogP contribution in [0.2, 0.25) is 0 Å². The van der Waals surface area contributed by atoms with Crippen LogP contribution in [-0.4, -0.2) is 36.2 Å². The van der Waals surface area contributed by atoms with Crippen molar-refractivity contribution in [3.8, 4) is 0 Å². The molecule has 0 aromatic carbocycles. The van der Waals surface area contributed by atoms with Gasteiger partial charge in [-0.15, -0.1) is 0 Å². The monoisotopic (exact) mass is 228 g/mol. The van der Waals surface area contributed by atoms with Gasteiger partial charge in [0.15, 0.2) is 0 Å². The first-order valence-electron chi connectivity index (χ1n) is 6.04. The van der Waals surface area contributed by atoms with Crippen LogP contribution in [0.1, 0.15) is 40.0 Å². The first kappa shape index (κ1) is 13.5. The quantitative estimate of drug-likeness (QED) is 0.647. The van der Waals surface area contributed by atoms with Gasteiger partial charge in [0, 0.05) is 13.2 Å². The fourth-order valence-electron chi connectivity index (χ4n) is 1.99. The zero-order valence-electron chi connectivity index (χ0n) is 10.6. The molecule has 1 saturated heterocycles. The van der Waals surface area contributed by atoms with Gasteiger partial charge in [0.05, 0.1) is 5.54 Å². The highest BCUT2D eigenvalue weighted by Gasteiger charge is 2.36. The largest absolute Gasteiger partial charge is 0.396 e. The average Bonchev–Trinajstić information content (AvgIpc) is 2.63. The molecule has 3 N–H and O–H groups in total. The molecule has 1 rings (SSSR count). The van der Waals surface area contributed by atoms with Crippen LogP contribution in [0.15, 0.2) is 0 Å². The Labute approximate surface area is 97.8 Å². The Morgan fingerprint density at radius 1 is 1.56 bits per heavy atom. The lowest BCUT2D eigenvalue weighted by Gasteiger charge is -2.28. The van der Waals surface area contributed by atoms with Crippen LogP contribution in [0.3, 0.4) is 0 Å². The van der Waals surface area contributed by atoms with Crippen LogP contribution in [0, 0.1) is 5.41 Å². The number of carbonyl (C=O) groups excluding carboxylic acids is 1. The van der Waals surface area contributed by atoms with Gasteiger partial charge in [-0.2, -0.15) is 0 Å². The van der Waals surface area contributed by atoms with Crippen LogP contribution < -0.4 is 10.6 Å². The SMILES string of the molecule is CC(C)(CCO)CNC(=O)C1(C)CCCN1. The maximum atomic E-state index is 12.0. The molecule has 0 saturated carbocycles. The fourth-order valence-corrected chi connectivity index (χ4v) is 1.99. The van der Waals surface area contributed by atoms with Crippen LogP contribution in [0.25, 0.3) is 0 Å². The molecule has 1 atom stereocenters. The van der Waals surface area contributed by atoms with E-state index in [1.165, 1.54) is 0 Å². The van der Waals surface area contributed by atoms with E-state index in [1.807, 2.05) is 20.8 Å². The molecule has 1 unspecified atom stereocenters. The molecule has 1 aliphatic rings. The van der Waals surface area contributed by atoms with Crippen LogP contribution in [-0.2, 0) is 4.79 Å². The minimum atomic E-state index is -0.394. The number of nitrogens with one attached hydrogen (secondary N) is 2. The molecule has 1 heterocycles. The number of hydrogen-bond acceptors (Lipinski definition) is 3. The molecule has 1 amide bonds. The molecule has 1 aliphatic heterocycles. The maximum absolute atomic E-state index is 12.0. The summed E-state index contributed by atoms with van der Waals surface area (Å²) in [7, 11) is 0. The molecule has 94 valence electrons. The summed E-state index contributed by atoms with van der Waals surface area (Å²) in [6.07, 6.45) is 2.67. The minimum Gasteiger partial charge on any atom is -0.396 e. The van der Waals surface area contributed by atoms with E-state index in [9.17, 15) is 4.79 Å². The van der Waals surface area contributed by atoms with Crippen molar-refractivity contribution in [3.63, 3.8) is 0 Å². The van der Waals surface area contributed by atoms with Crippen LogP contribution >= 0.6 is 0 Å². The van der Waals surface area contributed by atoms with E-state index >= 15 is 0 Å². The third kappa shape index (κ3) is 3.46. The average molecular weight is 228 g/mol. The number of amides is 1. The molecular formula is C12H24N2O2. The lowest BCUT2D eigenvalue weighted by atomic mass is 9.89. The van der Waals surface area contributed by atoms with Gasteiger partial charge in [0.2, 0.25) is 5.91 Å². The van der Waals surface area contributed by atoms with E-state index in [0.717, 1.165) is 19.4 Å². The summed E-state index contributed by atoms with van der Waals surface area (Å²) in [6, 6.07) is 0. The third-order valence-corrected chi connectivity index (χ3v) is 3.39. The molecular weight excluding hydrogens is 204 g/mol. The lowest BCUT2D eigenvalue weighted by molar-refractivity contribution is -0.127. The van der Waals surface area contributed by atoms with Crippen molar-refractivity contribution in [2.45, 2.75) is 45.6 Å². The van der Waals surface area contributed by atoms with Crippen molar-refractivity contribution < 1.29 is 9.90 Å². The van der Waals surface area contributed by atoms with Crippen molar-refractivity contribution in [1.82, 2.24) is 10.6 Å². The highest BCUT2D eigenvalue weighted by Crippen LogP contribution is 2.21. The van der Waals surface area contributed by atoms with Crippen molar-refractivity contribution in [2.24, 2.45) is 5.41 Å². The van der Waals surface area contributed by atoms with Gasteiger partial charge in [0.25, 0.3) is 0 Å². The Morgan fingerprint density at radius 3 is 2.75 bits per heavy atom. The van der Waals surface area contributed by atoms with Crippen molar-refractivity contribution in [3.05, 3.63) is 0 Å². The molecule has 0 aliphatic carbocycles. The van der Waals surface area contributed by atoms with Crippen LogP contribution in [0.4, 0.5) is 0 Å². The van der Waals surface area contributed by atoms with E-state index in [1.54, 1.807) is 0 Å². The topological polar surface area (TPSA) is 61.4 Å². The van der Waals surface area contributed by atoms with Gasteiger partial charge in [-0.1, -0.05) is 13.8 Å². The summed E-state index contributed by atoms with van der Waals surface area (Å²) in [5.41, 5.74) is -0.436. The molecule has 4 nitrogen and oxygen atoms in total. The lowest BCUT2D eigenvalue weighted by Crippen LogP contribution is -2.52. The standard InChI is InChI=1S/C12H24N2O2/c1-11(2,6-8-15)9-13-10(16)12(3)5-4-7-14-12/h14-15H,4-9H2,1-3H3,(H,13,16). The molecule has 0 aromatic heterocycles. The maximum Gasteiger partial charge on any atom is 0.240 e. The Kier molecular flexibility index (Phi) is 4.33. The first-order chi connectivity index (χ1) is 7.40. The Balaban J connectivity index is 2.40. The van der Waals surface area contributed by atoms with Gasteiger partial charge in [-0.25, -0.2) is 0 Å². The highest BCUT2D eigenvalue weighted by atomic mass is 16.3. The van der Waals surface area contributed by atoms with E-state index in [-0.39, 0.29) is 17.9 Å². The fraction of sp³-hybridized carbons (Fsp3) is 0.917. The summed E-state index contributed by atoms with van der Waals surface area (Å²) < 4.78 is 0. The zero-order valence-corrected chi connectivity index (χ0v) is 10.6. The molecule has 0 radical (unpaired) electrons. The number of carbonyl (C=O) groups is 1. The van der Waals surface area contributed by atoms with Crippen LogP contribution in [0.5, 0.6) is 0 Å². The summed E-state index contributed by atoms with van der Waals surface area (Å²) >= 11 is 0. The first-order valence-corrected chi connectivity index (χ1v) is 6.04. The zero-order chi connectivity index (χ0) is 12.2. The second-order valence-corrected chi connectivity index (χ2v) is 5.68. The number of aliphatic hydroxyl groups excluding tert-OH is 1. The summed E-state index contributed by atoms with van der Waals surface area (Å²) in [5, 5.41) is 15.1. The number of hydrogen-bond donors (Lipinski definition) is 3. The van der Waals surface area contributed by atoms with E-state index in [4.69, 9.17) is 5.11 Å². The smallest absolute Gasteiger partial charge is 0.240 e. The Morgan fingerprint density at radius 2 is 2.25 bits per heavy atom. The molecule has 0 bridgehead atoms. The van der Waals surface area contributed by atoms with E-state index < -0.39 is 5.54 Å². The normalized spacial score (nSPS) is 25.8. The summed E-state index contributed by atoms with van der Waals surface area (Å²) in [4.78, 5) is 12.0. The molecule has 0 spiro atoms. The highest BCUT2D eigenvalue weighted by molar-refractivity contribution is 5.86. The second-order valence-electron chi connectivity index (χ2n) is 5.68. The van der Waals surface area contributed by atoms with E-state index in [2.05, 4.69) is 10.6 Å². The van der Waals surface area contributed by atoms with E-state index in [0.29, 0.717) is 13.0 Å². The summed E-state index contributed by atoms with van der Waals surface area (Å²) in [6.45, 7) is 7.75. The van der Waals surface area contributed by atoms with Gasteiger partial charge < -0.3 is 15.7 Å². The van der Waals surface area contributed by atoms with Gasteiger partial charge in [-0.05, 0) is 38.1 Å². The Bertz CT molecular complexity index is 245. The molecule has 16 heavy (non-hydrogen) atoms. The molecule has 1 fully saturated rings. The molecule has 4 heteroatoms. The van der Waals surface area contributed by atoms with Gasteiger partial charge in [0.1, 0.15) is 0 Å². The minimum absolute atomic E-state index is 0.0423. The number of rotatable bonds is 5. The van der Waals surface area contributed by atoms with Gasteiger partial charge >= 0.3 is 0 Å². The predicted molar refractivity (Wildman–Crippen MR) is 64.1 cm³/mol. The Hall–Kier alpha value is -0.610. The van der Waals surface area contributed by atoms with Crippen molar-refractivity contribution in [2.75, 3.05) is 19.7 Å². The van der Waals surface area contributed by atoms with Gasteiger partial charge in [-0.3, -0.25) is 4.79 Å². The number of aliphatic hydroxyl groups is 1. The summed E-state index contributed by atoms with van der Waals surface area (Å²) in [5.74, 6) is 0.0796. The van der Waals surface area contributed by atoms with Crippen molar-refractivity contribution >= 4 is 5.91 Å². The predicted octanol–water partition coefficient (Wildman–Crippen LogP) is 0.653. The second kappa shape index (κ2) is 5.15. The van der Waals surface area contributed by atoms with Crippen molar-refractivity contribution in [1.29, 1.82) is 0 Å².